The average molecular weight is 415 g/mol. The number of carbonyl (C=O) groups is 3. The molecule has 0 radical (unpaired) electrons. The fraction of sp³-hybridized carbons (Fsp3) is 0.286. The molecule has 8 heteroatoms. The second kappa shape index (κ2) is 9.43. The first-order valence-corrected chi connectivity index (χ1v) is 9.80. The molecule has 0 spiro atoms. The molecular weight excluding hydrogens is 392 g/mol. The fourth-order valence-electron chi connectivity index (χ4n) is 3.16. The first-order valence-electron chi connectivity index (χ1n) is 9.42. The summed E-state index contributed by atoms with van der Waals surface area (Å²) >= 11 is 6.16. The summed E-state index contributed by atoms with van der Waals surface area (Å²) in [6.07, 6.45) is 2.09. The van der Waals surface area contributed by atoms with Gasteiger partial charge < -0.3 is 20.9 Å². The van der Waals surface area contributed by atoms with Crippen LogP contribution in [0.5, 0.6) is 0 Å². The van der Waals surface area contributed by atoms with Gasteiger partial charge in [0.2, 0.25) is 5.91 Å². The number of likely N-dealkylation sites (tertiary alicyclic amines) is 1. The van der Waals surface area contributed by atoms with Gasteiger partial charge in [0.1, 0.15) is 0 Å². The predicted molar refractivity (Wildman–Crippen MR) is 113 cm³/mol. The van der Waals surface area contributed by atoms with E-state index in [1.54, 1.807) is 30.3 Å². The second-order valence-corrected chi connectivity index (χ2v) is 7.29. The van der Waals surface area contributed by atoms with E-state index in [2.05, 4.69) is 16.0 Å². The van der Waals surface area contributed by atoms with Crippen molar-refractivity contribution in [2.75, 3.05) is 23.7 Å². The molecule has 1 aliphatic heterocycles. The summed E-state index contributed by atoms with van der Waals surface area (Å²) in [5.74, 6) is -0.176. The lowest BCUT2D eigenvalue weighted by Crippen LogP contribution is -2.29. The number of hydrogen-bond acceptors (Lipinski definition) is 3. The lowest BCUT2D eigenvalue weighted by molar-refractivity contribution is -0.114. The number of hydrogen-bond donors (Lipinski definition) is 3. The number of amides is 4. The van der Waals surface area contributed by atoms with Crippen molar-refractivity contribution in [3.8, 4) is 0 Å². The van der Waals surface area contributed by atoms with Gasteiger partial charge in [0.15, 0.2) is 0 Å². The number of rotatable bonds is 5. The van der Waals surface area contributed by atoms with Crippen LogP contribution in [0.2, 0.25) is 5.02 Å². The third-order valence-electron chi connectivity index (χ3n) is 4.56. The summed E-state index contributed by atoms with van der Waals surface area (Å²) in [6, 6.07) is 11.7. The zero-order valence-electron chi connectivity index (χ0n) is 16.1. The third-order valence-corrected chi connectivity index (χ3v) is 4.87. The van der Waals surface area contributed by atoms with Crippen LogP contribution in [0.15, 0.2) is 42.5 Å². The van der Waals surface area contributed by atoms with Crippen LogP contribution in [0.4, 0.5) is 16.2 Å². The monoisotopic (exact) mass is 414 g/mol. The van der Waals surface area contributed by atoms with E-state index in [0.29, 0.717) is 22.0 Å². The van der Waals surface area contributed by atoms with E-state index < -0.39 is 6.03 Å². The number of halogens is 1. The summed E-state index contributed by atoms with van der Waals surface area (Å²) in [6.45, 7) is 3.27. The summed E-state index contributed by atoms with van der Waals surface area (Å²) in [4.78, 5) is 37.6. The Kier molecular flexibility index (Phi) is 6.72. The topological polar surface area (TPSA) is 90.5 Å². The molecule has 0 saturated carbocycles. The van der Waals surface area contributed by atoms with Gasteiger partial charge >= 0.3 is 6.03 Å². The maximum absolute atomic E-state index is 12.5. The van der Waals surface area contributed by atoms with Crippen molar-refractivity contribution >= 4 is 40.8 Å². The molecule has 1 aliphatic rings. The normalized spacial score (nSPS) is 13.1. The zero-order valence-corrected chi connectivity index (χ0v) is 16.9. The highest BCUT2D eigenvalue weighted by molar-refractivity contribution is 6.34. The quantitative estimate of drug-likeness (QED) is 0.693. The van der Waals surface area contributed by atoms with E-state index in [-0.39, 0.29) is 18.4 Å². The van der Waals surface area contributed by atoms with Gasteiger partial charge in [-0.25, -0.2) is 4.79 Å². The molecule has 0 aliphatic carbocycles. The maximum Gasteiger partial charge on any atom is 0.319 e. The van der Waals surface area contributed by atoms with Crippen molar-refractivity contribution in [1.82, 2.24) is 10.2 Å². The highest BCUT2D eigenvalue weighted by Gasteiger charge is 2.19. The average Bonchev–Trinajstić information content (AvgIpc) is 3.22. The van der Waals surface area contributed by atoms with Crippen LogP contribution >= 0.6 is 11.6 Å². The van der Waals surface area contributed by atoms with E-state index >= 15 is 0 Å². The lowest BCUT2D eigenvalue weighted by Gasteiger charge is -2.16. The highest BCUT2D eigenvalue weighted by atomic mass is 35.5. The summed E-state index contributed by atoms with van der Waals surface area (Å²) < 4.78 is 0. The minimum absolute atomic E-state index is 0.0276. The van der Waals surface area contributed by atoms with Crippen LogP contribution in [0.25, 0.3) is 0 Å². The van der Waals surface area contributed by atoms with Gasteiger partial charge in [-0.3, -0.25) is 9.59 Å². The molecule has 4 amide bonds. The molecule has 0 bridgehead atoms. The molecule has 1 heterocycles. The van der Waals surface area contributed by atoms with Gasteiger partial charge in [0.25, 0.3) is 5.91 Å². The van der Waals surface area contributed by atoms with Crippen LogP contribution < -0.4 is 16.0 Å². The summed E-state index contributed by atoms with van der Waals surface area (Å²) in [7, 11) is 0. The maximum atomic E-state index is 12.5. The number of anilines is 2. The molecule has 1 saturated heterocycles. The fourth-order valence-corrected chi connectivity index (χ4v) is 3.39. The predicted octanol–water partition coefficient (Wildman–Crippen LogP) is 3.86. The van der Waals surface area contributed by atoms with E-state index in [9.17, 15) is 14.4 Å². The van der Waals surface area contributed by atoms with Gasteiger partial charge in [0, 0.05) is 37.8 Å². The molecule has 7 nitrogen and oxygen atoms in total. The van der Waals surface area contributed by atoms with Crippen molar-refractivity contribution < 1.29 is 14.4 Å². The van der Waals surface area contributed by atoms with E-state index in [1.165, 1.54) is 6.92 Å². The van der Waals surface area contributed by atoms with Crippen molar-refractivity contribution in [1.29, 1.82) is 0 Å². The molecule has 1 fully saturated rings. The molecule has 2 aromatic rings. The molecule has 3 rings (SSSR count). The van der Waals surface area contributed by atoms with Gasteiger partial charge in [-0.05, 0) is 48.7 Å². The molecule has 3 N–H and O–H groups in total. The Morgan fingerprint density at radius 1 is 1.03 bits per heavy atom. The molecular formula is C21H23ClN4O3. The summed E-state index contributed by atoms with van der Waals surface area (Å²) in [5, 5.41) is 8.36. The van der Waals surface area contributed by atoms with Crippen molar-refractivity contribution in [3.05, 3.63) is 58.6 Å². The lowest BCUT2D eigenvalue weighted by atomic mass is 10.1. The Balaban J connectivity index is 1.56. The summed E-state index contributed by atoms with van der Waals surface area (Å²) in [5.41, 5.74) is 2.43. The van der Waals surface area contributed by atoms with Crippen LogP contribution in [-0.4, -0.2) is 35.8 Å². The number of carbonyl (C=O) groups excluding carboxylic acids is 3. The van der Waals surface area contributed by atoms with Crippen molar-refractivity contribution in [3.63, 3.8) is 0 Å². The molecule has 0 aromatic heterocycles. The number of benzene rings is 2. The molecule has 0 unspecified atom stereocenters. The van der Waals surface area contributed by atoms with Gasteiger partial charge in [-0.15, -0.1) is 0 Å². The first kappa shape index (κ1) is 20.7. The Bertz CT molecular complexity index is 926. The van der Waals surface area contributed by atoms with Crippen molar-refractivity contribution in [2.45, 2.75) is 26.3 Å². The first-order chi connectivity index (χ1) is 13.9. The largest absolute Gasteiger partial charge is 0.339 e. The zero-order chi connectivity index (χ0) is 20.8. The number of nitrogens with zero attached hydrogens (tertiary/aromatic N) is 1. The Morgan fingerprint density at radius 2 is 1.79 bits per heavy atom. The number of nitrogens with one attached hydrogen (secondary N) is 3. The van der Waals surface area contributed by atoms with Gasteiger partial charge in [-0.1, -0.05) is 23.7 Å². The van der Waals surface area contributed by atoms with Gasteiger partial charge in [-0.2, -0.15) is 0 Å². The van der Waals surface area contributed by atoms with Gasteiger partial charge in [0.05, 0.1) is 10.7 Å². The molecule has 152 valence electrons. The Labute approximate surface area is 174 Å². The van der Waals surface area contributed by atoms with Crippen LogP contribution in [-0.2, 0) is 11.3 Å². The van der Waals surface area contributed by atoms with Crippen LogP contribution in [0.3, 0.4) is 0 Å². The van der Waals surface area contributed by atoms with Crippen molar-refractivity contribution in [2.24, 2.45) is 0 Å². The highest BCUT2D eigenvalue weighted by Crippen LogP contribution is 2.25. The smallest absolute Gasteiger partial charge is 0.319 e. The minimum atomic E-state index is -0.421. The molecule has 2 aromatic carbocycles. The van der Waals surface area contributed by atoms with E-state index in [1.807, 2.05) is 17.0 Å². The number of urea groups is 1. The SMILES string of the molecule is CC(=O)Nc1ccc(NC(=O)NCc2cccc(C(=O)N3CCCC3)c2)c(Cl)c1. The second-order valence-electron chi connectivity index (χ2n) is 6.88. The standard InChI is InChI=1S/C21H23ClN4O3/c1-14(27)24-17-7-8-19(18(22)12-17)25-21(29)23-13-15-5-4-6-16(11-15)20(28)26-9-2-3-10-26/h4-8,11-12H,2-3,9-10,13H2,1H3,(H,24,27)(H2,23,25,29). The molecule has 29 heavy (non-hydrogen) atoms. The van der Waals surface area contributed by atoms with Crippen LogP contribution in [0, 0.1) is 0 Å². The van der Waals surface area contributed by atoms with E-state index in [0.717, 1.165) is 31.5 Å². The third kappa shape index (κ3) is 5.71. The Hall–Kier alpha value is -3.06. The molecule has 0 atom stereocenters. The van der Waals surface area contributed by atoms with E-state index in [4.69, 9.17) is 11.6 Å². The van der Waals surface area contributed by atoms with Crippen LogP contribution in [0.1, 0.15) is 35.7 Å². The Morgan fingerprint density at radius 3 is 2.48 bits per heavy atom. The minimum Gasteiger partial charge on any atom is -0.339 e.